The number of ether oxygens (including phenoxy) is 2. The van der Waals surface area contributed by atoms with Crippen molar-refractivity contribution >= 4 is 40.8 Å². The van der Waals surface area contributed by atoms with E-state index in [0.29, 0.717) is 86.6 Å². The highest BCUT2D eigenvalue weighted by atomic mass is 35.5. The molecule has 1 aromatic carbocycles. The lowest BCUT2D eigenvalue weighted by Crippen LogP contribution is -2.47. The zero-order valence-electron chi connectivity index (χ0n) is 26.9. The number of pyridine rings is 3. The zero-order chi connectivity index (χ0) is 34.8. The molecule has 0 atom stereocenters. The summed E-state index contributed by atoms with van der Waals surface area (Å²) in [4.78, 5) is 40.7. The van der Waals surface area contributed by atoms with Crippen molar-refractivity contribution in [2.75, 3.05) is 27.3 Å². The van der Waals surface area contributed by atoms with Crippen LogP contribution in [0.5, 0.6) is 11.6 Å². The van der Waals surface area contributed by atoms with Crippen LogP contribution < -0.4 is 9.47 Å². The SMILES string of the molecule is COc1nc(-c2cccc(-c3ccnc(-c4cc(OC)c5nc(CO)nn5c4)c3Cl)c2Cl)ccc1CN(C(=O)O)C1CCN(C(C)=O)CC1. The number of methoxy groups -OCH3 is 2. The van der Waals surface area contributed by atoms with Crippen LogP contribution in [0.1, 0.15) is 31.2 Å². The third kappa shape index (κ3) is 6.69. The molecule has 6 rings (SSSR count). The van der Waals surface area contributed by atoms with Crippen molar-refractivity contribution in [3.63, 3.8) is 0 Å². The molecule has 49 heavy (non-hydrogen) atoms. The maximum atomic E-state index is 12.3. The Kier molecular flexibility index (Phi) is 9.86. The van der Waals surface area contributed by atoms with Crippen LogP contribution in [0, 0.1) is 0 Å². The fourth-order valence-corrected chi connectivity index (χ4v) is 6.73. The summed E-state index contributed by atoms with van der Waals surface area (Å²) in [6.45, 7) is 2.29. The molecule has 13 nitrogen and oxygen atoms in total. The first-order valence-electron chi connectivity index (χ1n) is 15.4. The largest absolute Gasteiger partial charge is 0.493 e. The Morgan fingerprint density at radius 2 is 1.73 bits per heavy atom. The van der Waals surface area contributed by atoms with Gasteiger partial charge in [0.1, 0.15) is 6.61 Å². The van der Waals surface area contributed by atoms with Gasteiger partial charge in [-0.05, 0) is 37.1 Å². The Labute approximate surface area is 291 Å². The molecule has 15 heteroatoms. The minimum atomic E-state index is -1.05. The van der Waals surface area contributed by atoms with Crippen molar-refractivity contribution in [1.82, 2.24) is 34.4 Å². The molecule has 254 valence electrons. The van der Waals surface area contributed by atoms with Crippen LogP contribution in [0.25, 0.3) is 39.3 Å². The highest BCUT2D eigenvalue weighted by Gasteiger charge is 2.30. The van der Waals surface area contributed by atoms with E-state index >= 15 is 0 Å². The highest BCUT2D eigenvalue weighted by molar-refractivity contribution is 6.39. The van der Waals surface area contributed by atoms with Crippen molar-refractivity contribution in [2.24, 2.45) is 0 Å². The van der Waals surface area contributed by atoms with E-state index in [-0.39, 0.29) is 36.8 Å². The first kappa shape index (κ1) is 33.9. The summed E-state index contributed by atoms with van der Waals surface area (Å²) in [5.41, 5.74) is 4.52. The van der Waals surface area contributed by atoms with E-state index in [0.717, 1.165) is 0 Å². The van der Waals surface area contributed by atoms with Gasteiger partial charge in [-0.1, -0.05) is 41.4 Å². The van der Waals surface area contributed by atoms with Gasteiger partial charge in [-0.25, -0.2) is 19.3 Å². The lowest BCUT2D eigenvalue weighted by Gasteiger charge is -2.37. The average Bonchev–Trinajstić information content (AvgIpc) is 3.54. The van der Waals surface area contributed by atoms with Crippen LogP contribution in [0.2, 0.25) is 10.0 Å². The zero-order valence-corrected chi connectivity index (χ0v) is 28.4. The van der Waals surface area contributed by atoms with Gasteiger partial charge < -0.3 is 29.5 Å². The van der Waals surface area contributed by atoms with E-state index < -0.39 is 6.09 Å². The second-order valence-corrected chi connectivity index (χ2v) is 12.2. The van der Waals surface area contributed by atoms with Crippen molar-refractivity contribution < 1.29 is 29.3 Å². The smallest absolute Gasteiger partial charge is 0.407 e. The number of benzene rings is 1. The van der Waals surface area contributed by atoms with E-state index in [1.165, 1.54) is 30.6 Å². The maximum Gasteiger partial charge on any atom is 0.407 e. The molecule has 0 unspecified atom stereocenters. The number of hydrogen-bond acceptors (Lipinski definition) is 9. The number of likely N-dealkylation sites (tertiary alicyclic amines) is 1. The number of fused-ring (bicyclic) bond motifs is 1. The number of carbonyl (C=O) groups is 2. The van der Waals surface area contributed by atoms with E-state index in [1.54, 1.807) is 41.6 Å². The molecule has 1 aliphatic heterocycles. The molecule has 5 heterocycles. The number of aliphatic hydroxyl groups excluding tert-OH is 1. The third-order valence-corrected chi connectivity index (χ3v) is 9.39. The molecule has 0 saturated carbocycles. The molecule has 1 aliphatic rings. The number of halogens is 2. The number of nitrogens with zero attached hydrogens (tertiary/aromatic N) is 7. The molecule has 0 radical (unpaired) electrons. The van der Waals surface area contributed by atoms with Crippen molar-refractivity contribution in [3.05, 3.63) is 76.3 Å². The Bertz CT molecular complexity index is 2050. The number of aromatic nitrogens is 5. The van der Waals surface area contributed by atoms with Gasteiger partial charge in [0.25, 0.3) is 0 Å². The van der Waals surface area contributed by atoms with E-state index in [9.17, 15) is 19.8 Å². The lowest BCUT2D eigenvalue weighted by molar-refractivity contribution is -0.130. The normalized spacial score (nSPS) is 13.5. The Hall–Kier alpha value is -4.98. The lowest BCUT2D eigenvalue weighted by atomic mass is 9.99. The van der Waals surface area contributed by atoms with Gasteiger partial charge in [-0.3, -0.25) is 9.78 Å². The molecule has 1 fully saturated rings. The Morgan fingerprint density at radius 3 is 2.41 bits per heavy atom. The average molecular weight is 707 g/mol. The monoisotopic (exact) mass is 705 g/mol. The van der Waals surface area contributed by atoms with Crippen LogP contribution in [0.4, 0.5) is 4.79 Å². The number of carboxylic acid groups (broad SMARTS) is 1. The number of hydrogen-bond donors (Lipinski definition) is 2. The molecule has 0 aliphatic carbocycles. The topological polar surface area (TPSA) is 156 Å². The summed E-state index contributed by atoms with van der Waals surface area (Å²) in [5, 5.41) is 24.6. The first-order valence-corrected chi connectivity index (χ1v) is 16.2. The van der Waals surface area contributed by atoms with Gasteiger partial charge in [0.2, 0.25) is 11.8 Å². The quantitative estimate of drug-likeness (QED) is 0.191. The van der Waals surface area contributed by atoms with Crippen LogP contribution in [0.3, 0.4) is 0 Å². The predicted molar refractivity (Wildman–Crippen MR) is 183 cm³/mol. The molecular formula is C34H33Cl2N7O6. The predicted octanol–water partition coefficient (Wildman–Crippen LogP) is 5.83. The molecule has 1 saturated heterocycles. The molecule has 2 N–H and O–H groups in total. The molecule has 5 aromatic rings. The fourth-order valence-electron chi connectivity index (χ4n) is 6.08. The molecule has 2 amide bonds. The number of piperidine rings is 1. The maximum absolute atomic E-state index is 12.3. The van der Waals surface area contributed by atoms with Crippen molar-refractivity contribution in [1.29, 1.82) is 0 Å². The van der Waals surface area contributed by atoms with Gasteiger partial charge in [0.05, 0.1) is 42.2 Å². The van der Waals surface area contributed by atoms with E-state index in [4.69, 9.17) is 37.7 Å². The Morgan fingerprint density at radius 1 is 1.00 bits per heavy atom. The van der Waals surface area contributed by atoms with E-state index in [2.05, 4.69) is 15.1 Å². The summed E-state index contributed by atoms with van der Waals surface area (Å²) >= 11 is 14.1. The number of amides is 2. The molecular weight excluding hydrogens is 673 g/mol. The number of aliphatic hydroxyl groups is 1. The summed E-state index contributed by atoms with van der Waals surface area (Å²) in [6, 6.07) is 12.4. The third-order valence-electron chi connectivity index (χ3n) is 8.60. The standard InChI is InChI=1S/C34H33Cl2N7O6/c1-19(45)41-13-10-22(11-14-41)42(34(46)47)16-20-7-8-26(38-33(20)49-3)25-6-4-5-23(29(25)35)24-9-12-37-31(30(24)36)21-15-27(48-2)32-39-28(18-44)40-43(32)17-21/h4-9,12,15,17,22,44H,10-11,13-14,16,18H2,1-3H3,(H,46,47). The number of carbonyl (C=O) groups excluding carboxylic acids is 1. The fraction of sp³-hybridized carbons (Fsp3) is 0.294. The van der Waals surface area contributed by atoms with Crippen LogP contribution >= 0.6 is 23.2 Å². The first-order chi connectivity index (χ1) is 23.6. The highest BCUT2D eigenvalue weighted by Crippen LogP contribution is 2.42. The molecule has 0 bridgehead atoms. The van der Waals surface area contributed by atoms with Crippen LogP contribution in [0.15, 0.2) is 54.9 Å². The van der Waals surface area contributed by atoms with Crippen molar-refractivity contribution in [2.45, 2.75) is 39.0 Å². The molecule has 0 spiro atoms. The second-order valence-electron chi connectivity index (χ2n) is 11.5. The minimum Gasteiger partial charge on any atom is -0.493 e. The number of rotatable bonds is 9. The van der Waals surface area contributed by atoms with Crippen LogP contribution in [-0.4, -0.2) is 89.9 Å². The van der Waals surface area contributed by atoms with Gasteiger partial charge >= 0.3 is 6.09 Å². The van der Waals surface area contributed by atoms with Gasteiger partial charge in [-0.2, -0.15) is 0 Å². The van der Waals surface area contributed by atoms with E-state index in [1.807, 2.05) is 18.2 Å². The summed E-state index contributed by atoms with van der Waals surface area (Å²) in [6.07, 6.45) is 3.39. The minimum absolute atomic E-state index is 0.0141. The van der Waals surface area contributed by atoms with Crippen LogP contribution in [-0.2, 0) is 17.9 Å². The summed E-state index contributed by atoms with van der Waals surface area (Å²) < 4.78 is 12.7. The molecule has 4 aromatic heterocycles. The second kappa shape index (κ2) is 14.2. The van der Waals surface area contributed by atoms with Gasteiger partial charge in [0, 0.05) is 66.3 Å². The summed E-state index contributed by atoms with van der Waals surface area (Å²) in [7, 11) is 3.00. The van der Waals surface area contributed by atoms with Gasteiger partial charge in [0.15, 0.2) is 17.2 Å². The van der Waals surface area contributed by atoms with Crippen molar-refractivity contribution in [3.8, 4) is 45.3 Å². The Balaban J connectivity index is 1.31. The summed E-state index contributed by atoms with van der Waals surface area (Å²) in [5.74, 6) is 0.939. The van der Waals surface area contributed by atoms with Gasteiger partial charge in [-0.15, -0.1) is 5.10 Å².